The predicted molar refractivity (Wildman–Crippen MR) is 99.6 cm³/mol. The van der Waals surface area contributed by atoms with Gasteiger partial charge in [-0.25, -0.2) is 0 Å². The number of nitrogens with one attached hydrogen (secondary N) is 1. The van der Waals surface area contributed by atoms with E-state index in [1.165, 1.54) is 0 Å². The molecule has 1 N–H and O–H groups in total. The van der Waals surface area contributed by atoms with Crippen molar-refractivity contribution in [3.63, 3.8) is 0 Å². The number of amides is 1. The van der Waals surface area contributed by atoms with Gasteiger partial charge in [-0.1, -0.05) is 48.0 Å². The summed E-state index contributed by atoms with van der Waals surface area (Å²) in [6.07, 6.45) is 0.742. The van der Waals surface area contributed by atoms with Crippen molar-refractivity contribution in [2.45, 2.75) is 6.92 Å². The zero-order valence-electron chi connectivity index (χ0n) is 13.6. The van der Waals surface area contributed by atoms with Crippen molar-refractivity contribution in [2.24, 2.45) is 0 Å². The van der Waals surface area contributed by atoms with E-state index < -0.39 is 0 Å². The molecule has 0 heterocycles. The SMILES string of the molecule is Cc1ccc(NC(=O)COc2ccc3ccccc3c2C=O)c(Cl)c1. The number of halogens is 1. The Bertz CT molecular complexity index is 953. The monoisotopic (exact) mass is 353 g/mol. The van der Waals surface area contributed by atoms with E-state index in [1.54, 1.807) is 18.2 Å². The lowest BCUT2D eigenvalue weighted by molar-refractivity contribution is -0.118. The molecule has 0 spiro atoms. The van der Waals surface area contributed by atoms with Gasteiger partial charge in [0, 0.05) is 0 Å². The fourth-order valence-corrected chi connectivity index (χ4v) is 2.86. The van der Waals surface area contributed by atoms with Crippen LogP contribution in [-0.4, -0.2) is 18.8 Å². The number of carbonyl (C=O) groups excluding carboxylic acids is 2. The van der Waals surface area contributed by atoms with Crippen molar-refractivity contribution < 1.29 is 14.3 Å². The van der Waals surface area contributed by atoms with Crippen LogP contribution >= 0.6 is 11.6 Å². The van der Waals surface area contributed by atoms with Gasteiger partial charge in [0.2, 0.25) is 0 Å². The maximum Gasteiger partial charge on any atom is 0.262 e. The third-order valence-electron chi connectivity index (χ3n) is 3.81. The first-order valence-corrected chi connectivity index (χ1v) is 8.12. The lowest BCUT2D eigenvalue weighted by atomic mass is 10.0. The smallest absolute Gasteiger partial charge is 0.262 e. The summed E-state index contributed by atoms with van der Waals surface area (Å²) in [6.45, 7) is 1.70. The van der Waals surface area contributed by atoms with Gasteiger partial charge in [-0.05, 0) is 41.5 Å². The number of ether oxygens (including phenoxy) is 1. The lowest BCUT2D eigenvalue weighted by Gasteiger charge is -2.12. The number of hydrogen-bond acceptors (Lipinski definition) is 3. The highest BCUT2D eigenvalue weighted by atomic mass is 35.5. The molecule has 0 atom stereocenters. The topological polar surface area (TPSA) is 55.4 Å². The molecule has 0 aliphatic carbocycles. The molecule has 3 aromatic rings. The fourth-order valence-electron chi connectivity index (χ4n) is 2.57. The average Bonchev–Trinajstić information content (AvgIpc) is 2.61. The van der Waals surface area contributed by atoms with Gasteiger partial charge >= 0.3 is 0 Å². The van der Waals surface area contributed by atoms with Crippen molar-refractivity contribution >= 4 is 40.3 Å². The Morgan fingerprint density at radius 3 is 2.72 bits per heavy atom. The summed E-state index contributed by atoms with van der Waals surface area (Å²) in [5, 5.41) is 4.89. The number of fused-ring (bicyclic) bond motifs is 1. The summed E-state index contributed by atoms with van der Waals surface area (Å²) >= 11 is 6.10. The van der Waals surface area contributed by atoms with E-state index in [4.69, 9.17) is 16.3 Å². The highest BCUT2D eigenvalue weighted by Gasteiger charge is 2.11. The second-order valence-electron chi connectivity index (χ2n) is 5.64. The van der Waals surface area contributed by atoms with Crippen LogP contribution in [-0.2, 0) is 4.79 Å². The maximum absolute atomic E-state index is 12.1. The second-order valence-corrected chi connectivity index (χ2v) is 6.04. The molecular formula is C20H16ClNO3. The molecule has 0 aliphatic heterocycles. The van der Waals surface area contributed by atoms with Gasteiger partial charge in [0.05, 0.1) is 16.3 Å². The van der Waals surface area contributed by atoms with Crippen LogP contribution in [0.4, 0.5) is 5.69 Å². The Hall–Kier alpha value is -2.85. The standard InChI is InChI=1S/C20H16ClNO3/c1-13-6-8-18(17(21)10-13)22-20(24)12-25-19-9-7-14-4-2-3-5-15(14)16(19)11-23/h2-11H,12H2,1H3,(H,22,24). The van der Waals surface area contributed by atoms with E-state index in [1.807, 2.05) is 43.3 Å². The minimum atomic E-state index is -0.351. The summed E-state index contributed by atoms with van der Waals surface area (Å²) < 4.78 is 5.55. The molecule has 0 saturated heterocycles. The van der Waals surface area contributed by atoms with Crippen molar-refractivity contribution in [2.75, 3.05) is 11.9 Å². The Kier molecular flexibility index (Phi) is 5.00. The summed E-state index contributed by atoms with van der Waals surface area (Å²) in [4.78, 5) is 23.6. The van der Waals surface area contributed by atoms with Crippen LogP contribution < -0.4 is 10.1 Å². The first-order chi connectivity index (χ1) is 12.1. The van der Waals surface area contributed by atoms with E-state index in [2.05, 4.69) is 5.32 Å². The minimum absolute atomic E-state index is 0.219. The molecule has 4 nitrogen and oxygen atoms in total. The third kappa shape index (κ3) is 3.80. The van der Waals surface area contributed by atoms with Gasteiger partial charge in [-0.3, -0.25) is 9.59 Å². The Morgan fingerprint density at radius 2 is 1.96 bits per heavy atom. The van der Waals surface area contributed by atoms with Crippen LogP contribution in [0.25, 0.3) is 10.8 Å². The predicted octanol–water partition coefficient (Wildman–Crippen LogP) is 4.63. The maximum atomic E-state index is 12.1. The molecule has 0 radical (unpaired) electrons. The van der Waals surface area contributed by atoms with E-state index >= 15 is 0 Å². The molecule has 0 unspecified atom stereocenters. The second kappa shape index (κ2) is 7.36. The molecule has 0 bridgehead atoms. The number of anilines is 1. The number of hydrogen-bond donors (Lipinski definition) is 1. The largest absolute Gasteiger partial charge is 0.483 e. The van der Waals surface area contributed by atoms with Gasteiger partial charge in [0.15, 0.2) is 12.9 Å². The quantitative estimate of drug-likeness (QED) is 0.680. The molecule has 0 aliphatic rings. The fraction of sp³-hybridized carbons (Fsp3) is 0.100. The highest BCUT2D eigenvalue weighted by Crippen LogP contribution is 2.27. The van der Waals surface area contributed by atoms with Crippen LogP contribution in [0.5, 0.6) is 5.75 Å². The number of rotatable bonds is 5. The molecule has 3 rings (SSSR count). The molecule has 0 fully saturated rings. The third-order valence-corrected chi connectivity index (χ3v) is 4.12. The first-order valence-electron chi connectivity index (χ1n) is 7.74. The number of aryl methyl sites for hydroxylation is 1. The van der Waals surface area contributed by atoms with Crippen LogP contribution in [0.1, 0.15) is 15.9 Å². The van der Waals surface area contributed by atoms with Crippen molar-refractivity contribution in [1.82, 2.24) is 0 Å². The van der Waals surface area contributed by atoms with E-state index in [-0.39, 0.29) is 12.5 Å². The average molecular weight is 354 g/mol. The van der Waals surface area contributed by atoms with Crippen LogP contribution in [0.2, 0.25) is 5.02 Å². The summed E-state index contributed by atoms with van der Waals surface area (Å²) in [5.41, 5.74) is 1.96. The molecule has 0 aromatic heterocycles. The molecule has 126 valence electrons. The van der Waals surface area contributed by atoms with Crippen molar-refractivity contribution in [1.29, 1.82) is 0 Å². The van der Waals surface area contributed by atoms with Gasteiger partial charge in [-0.15, -0.1) is 0 Å². The summed E-state index contributed by atoms with van der Waals surface area (Å²) in [6, 6.07) is 16.4. The molecular weight excluding hydrogens is 338 g/mol. The number of aldehydes is 1. The number of benzene rings is 3. The molecule has 3 aromatic carbocycles. The van der Waals surface area contributed by atoms with Crippen LogP contribution in [0.3, 0.4) is 0 Å². The zero-order valence-corrected chi connectivity index (χ0v) is 14.3. The summed E-state index contributed by atoms with van der Waals surface area (Å²) in [7, 11) is 0. The van der Waals surface area contributed by atoms with Gasteiger partial charge in [0.25, 0.3) is 5.91 Å². The molecule has 25 heavy (non-hydrogen) atoms. The van der Waals surface area contributed by atoms with Gasteiger partial charge in [-0.2, -0.15) is 0 Å². The van der Waals surface area contributed by atoms with Crippen molar-refractivity contribution in [3.05, 3.63) is 70.7 Å². The highest BCUT2D eigenvalue weighted by molar-refractivity contribution is 6.33. The van der Waals surface area contributed by atoms with Gasteiger partial charge in [0.1, 0.15) is 5.75 Å². The zero-order chi connectivity index (χ0) is 17.8. The Labute approximate surface area is 150 Å². The molecule has 0 saturated carbocycles. The number of carbonyl (C=O) groups is 2. The molecule has 1 amide bonds. The van der Waals surface area contributed by atoms with E-state index in [0.29, 0.717) is 22.0 Å². The minimum Gasteiger partial charge on any atom is -0.483 e. The lowest BCUT2D eigenvalue weighted by Crippen LogP contribution is -2.20. The summed E-state index contributed by atoms with van der Waals surface area (Å²) in [5.74, 6) is 0.0228. The Balaban J connectivity index is 1.74. The van der Waals surface area contributed by atoms with E-state index in [9.17, 15) is 9.59 Å². The Morgan fingerprint density at radius 1 is 1.16 bits per heavy atom. The van der Waals surface area contributed by atoms with Crippen molar-refractivity contribution in [3.8, 4) is 5.75 Å². The van der Waals surface area contributed by atoms with Crippen LogP contribution in [0, 0.1) is 6.92 Å². The normalized spacial score (nSPS) is 10.5. The van der Waals surface area contributed by atoms with Gasteiger partial charge < -0.3 is 10.1 Å². The van der Waals surface area contributed by atoms with E-state index in [0.717, 1.165) is 22.6 Å². The van der Waals surface area contributed by atoms with Crippen LogP contribution in [0.15, 0.2) is 54.6 Å². The molecule has 5 heteroatoms. The first kappa shape index (κ1) is 17.0.